The van der Waals surface area contributed by atoms with E-state index >= 15 is 0 Å². The van der Waals surface area contributed by atoms with Gasteiger partial charge in [0.1, 0.15) is 0 Å². The average molecular weight is 295 g/mol. The van der Waals surface area contributed by atoms with E-state index in [0.29, 0.717) is 0 Å². The summed E-state index contributed by atoms with van der Waals surface area (Å²) >= 11 is 0. The molecule has 1 heterocycles. The van der Waals surface area contributed by atoms with Crippen molar-refractivity contribution in [2.75, 3.05) is 20.8 Å². The minimum absolute atomic E-state index is 0.124. The van der Waals surface area contributed by atoms with Crippen molar-refractivity contribution in [1.29, 1.82) is 0 Å². The first-order chi connectivity index (χ1) is 10.5. The van der Waals surface area contributed by atoms with Crippen LogP contribution in [-0.4, -0.2) is 26.5 Å². The summed E-state index contributed by atoms with van der Waals surface area (Å²) in [5.41, 5.74) is 6.58. The summed E-state index contributed by atoms with van der Waals surface area (Å²) in [5, 5.41) is 0. The molecule has 1 aliphatic rings. The monoisotopic (exact) mass is 295 g/mol. The predicted molar refractivity (Wildman–Crippen MR) is 94.1 cm³/mol. The number of hydrogen-bond acceptors (Lipinski definition) is 2. The van der Waals surface area contributed by atoms with Gasteiger partial charge in [-0.25, -0.2) is 0 Å². The van der Waals surface area contributed by atoms with Crippen LogP contribution in [-0.2, 0) is 10.2 Å². The van der Waals surface area contributed by atoms with Gasteiger partial charge in [-0.15, -0.1) is 0 Å². The lowest BCUT2D eigenvalue weighted by molar-refractivity contribution is 0.277. The molecule has 0 aliphatic carbocycles. The van der Waals surface area contributed by atoms with Crippen LogP contribution >= 0.6 is 0 Å². The molecule has 0 radical (unpaired) electrons. The maximum atomic E-state index is 4.85. The zero-order valence-corrected chi connectivity index (χ0v) is 14.2. The molecular weight excluding hydrogens is 270 g/mol. The number of rotatable bonds is 1. The highest BCUT2D eigenvalue weighted by atomic mass is 16.4. The molecule has 0 fully saturated rings. The molecule has 0 aromatic heterocycles. The molecule has 0 atom stereocenters. The molecule has 0 N–H and O–H groups in total. The third kappa shape index (κ3) is 3.28. The average Bonchev–Trinajstić information content (AvgIpc) is 2.49. The number of nitrogens with zero attached hydrogens (tertiary/aromatic N) is 1. The largest absolute Gasteiger partial charge is 0.388 e. The standard InChI is InChI=1S/C18H19N.C2H6O/c1-13-8-7-11-15-16(13)18(2,3)12-19-17(15)14-9-5-4-6-10-14;1-3-2/h4-11H,12H2,1-3H3;1-2H3. The lowest BCUT2D eigenvalue weighted by Crippen LogP contribution is -2.31. The minimum atomic E-state index is 0.124. The summed E-state index contributed by atoms with van der Waals surface area (Å²) in [5.74, 6) is 0. The fourth-order valence-electron chi connectivity index (χ4n) is 3.05. The van der Waals surface area contributed by atoms with Crippen LogP contribution in [0.25, 0.3) is 0 Å². The number of aryl methyl sites for hydroxylation is 1. The Hall–Kier alpha value is -1.93. The Labute approximate surface area is 133 Å². The topological polar surface area (TPSA) is 21.6 Å². The lowest BCUT2D eigenvalue weighted by Gasteiger charge is -2.33. The van der Waals surface area contributed by atoms with Gasteiger partial charge in [-0.05, 0) is 18.1 Å². The van der Waals surface area contributed by atoms with E-state index in [9.17, 15) is 0 Å². The Balaban J connectivity index is 0.000000545. The van der Waals surface area contributed by atoms with Gasteiger partial charge in [0.2, 0.25) is 0 Å². The molecule has 0 saturated carbocycles. The van der Waals surface area contributed by atoms with Gasteiger partial charge in [0, 0.05) is 37.3 Å². The molecular formula is C20H25NO. The van der Waals surface area contributed by atoms with E-state index in [1.807, 2.05) is 6.07 Å². The summed E-state index contributed by atoms with van der Waals surface area (Å²) in [6.45, 7) is 7.62. The molecule has 1 aliphatic heterocycles. The maximum Gasteiger partial charge on any atom is 0.0722 e. The van der Waals surface area contributed by atoms with Crippen molar-refractivity contribution < 1.29 is 4.74 Å². The van der Waals surface area contributed by atoms with Crippen molar-refractivity contribution in [2.24, 2.45) is 4.99 Å². The van der Waals surface area contributed by atoms with Crippen LogP contribution < -0.4 is 0 Å². The molecule has 0 saturated heterocycles. The number of fused-ring (bicyclic) bond motifs is 1. The summed E-state index contributed by atoms with van der Waals surface area (Å²) in [7, 11) is 3.25. The van der Waals surface area contributed by atoms with E-state index in [1.165, 1.54) is 22.3 Å². The second kappa shape index (κ2) is 6.89. The van der Waals surface area contributed by atoms with Crippen LogP contribution in [0.15, 0.2) is 53.5 Å². The molecule has 116 valence electrons. The normalized spacial score (nSPS) is 15.2. The molecule has 2 aromatic rings. The Kier molecular flexibility index (Phi) is 5.15. The Bertz CT molecular complexity index is 657. The third-order valence-corrected chi connectivity index (χ3v) is 3.88. The van der Waals surface area contributed by atoms with E-state index < -0.39 is 0 Å². The smallest absolute Gasteiger partial charge is 0.0722 e. The van der Waals surface area contributed by atoms with Crippen LogP contribution in [0.2, 0.25) is 0 Å². The van der Waals surface area contributed by atoms with Crippen LogP contribution in [0.1, 0.15) is 36.1 Å². The second-order valence-electron chi connectivity index (χ2n) is 6.32. The van der Waals surface area contributed by atoms with Crippen molar-refractivity contribution in [2.45, 2.75) is 26.2 Å². The van der Waals surface area contributed by atoms with E-state index in [-0.39, 0.29) is 5.41 Å². The van der Waals surface area contributed by atoms with E-state index in [2.05, 4.69) is 68.0 Å². The fraction of sp³-hybridized carbons (Fsp3) is 0.350. The van der Waals surface area contributed by atoms with E-state index in [0.717, 1.165) is 12.3 Å². The maximum absolute atomic E-state index is 4.85. The van der Waals surface area contributed by atoms with Crippen molar-refractivity contribution in [3.63, 3.8) is 0 Å². The zero-order valence-electron chi connectivity index (χ0n) is 14.2. The van der Waals surface area contributed by atoms with Gasteiger partial charge in [-0.1, -0.05) is 62.4 Å². The van der Waals surface area contributed by atoms with Crippen molar-refractivity contribution in [1.82, 2.24) is 0 Å². The highest BCUT2D eigenvalue weighted by Gasteiger charge is 2.30. The summed E-state index contributed by atoms with van der Waals surface area (Å²) in [6.07, 6.45) is 0. The molecule has 2 heteroatoms. The number of methoxy groups -OCH3 is 1. The van der Waals surface area contributed by atoms with Gasteiger partial charge < -0.3 is 4.74 Å². The van der Waals surface area contributed by atoms with Gasteiger partial charge in [-0.3, -0.25) is 4.99 Å². The first-order valence-corrected chi connectivity index (χ1v) is 7.61. The van der Waals surface area contributed by atoms with Crippen molar-refractivity contribution >= 4 is 5.71 Å². The third-order valence-electron chi connectivity index (χ3n) is 3.88. The first kappa shape index (κ1) is 16.4. The fourth-order valence-corrected chi connectivity index (χ4v) is 3.05. The number of hydrogen-bond donors (Lipinski definition) is 0. The Morgan fingerprint density at radius 3 is 2.23 bits per heavy atom. The zero-order chi connectivity index (χ0) is 16.2. The van der Waals surface area contributed by atoms with Gasteiger partial charge in [0.05, 0.1) is 5.71 Å². The Morgan fingerprint density at radius 2 is 1.59 bits per heavy atom. The molecule has 0 amide bonds. The molecule has 3 rings (SSSR count). The van der Waals surface area contributed by atoms with E-state index in [4.69, 9.17) is 4.99 Å². The van der Waals surface area contributed by atoms with Crippen LogP contribution in [0.4, 0.5) is 0 Å². The molecule has 0 bridgehead atoms. The minimum Gasteiger partial charge on any atom is -0.388 e. The van der Waals surface area contributed by atoms with E-state index in [1.54, 1.807) is 14.2 Å². The lowest BCUT2D eigenvalue weighted by atomic mass is 9.75. The van der Waals surface area contributed by atoms with Gasteiger partial charge in [-0.2, -0.15) is 0 Å². The quantitative estimate of drug-likeness (QED) is 0.765. The van der Waals surface area contributed by atoms with Crippen LogP contribution in [0, 0.1) is 6.92 Å². The summed E-state index contributed by atoms with van der Waals surface area (Å²) < 4.78 is 4.25. The molecule has 0 unspecified atom stereocenters. The number of ether oxygens (including phenoxy) is 1. The predicted octanol–water partition coefficient (Wildman–Crippen LogP) is 4.39. The number of benzene rings is 2. The van der Waals surface area contributed by atoms with Gasteiger partial charge in [0.15, 0.2) is 0 Å². The SMILES string of the molecule is COC.Cc1cccc2c1C(C)(C)CN=C2c1ccccc1. The molecule has 2 aromatic carbocycles. The first-order valence-electron chi connectivity index (χ1n) is 7.61. The van der Waals surface area contributed by atoms with Crippen LogP contribution in [0.5, 0.6) is 0 Å². The summed E-state index contributed by atoms with van der Waals surface area (Å²) in [6, 6.07) is 17.0. The highest BCUT2D eigenvalue weighted by Crippen LogP contribution is 2.35. The highest BCUT2D eigenvalue weighted by molar-refractivity contribution is 6.14. The molecule has 2 nitrogen and oxygen atoms in total. The number of aliphatic imine (C=N–C) groups is 1. The van der Waals surface area contributed by atoms with Gasteiger partial charge in [0.25, 0.3) is 0 Å². The Morgan fingerprint density at radius 1 is 0.955 bits per heavy atom. The van der Waals surface area contributed by atoms with Gasteiger partial charge >= 0.3 is 0 Å². The van der Waals surface area contributed by atoms with Crippen molar-refractivity contribution in [3.05, 3.63) is 70.8 Å². The molecule has 22 heavy (non-hydrogen) atoms. The van der Waals surface area contributed by atoms with Crippen molar-refractivity contribution in [3.8, 4) is 0 Å². The molecule has 0 spiro atoms. The van der Waals surface area contributed by atoms with Crippen LogP contribution in [0.3, 0.4) is 0 Å². The summed E-state index contributed by atoms with van der Waals surface area (Å²) in [4.78, 5) is 4.85. The second-order valence-corrected chi connectivity index (χ2v) is 6.32.